The second-order valence-electron chi connectivity index (χ2n) is 3.14. The van der Waals surface area contributed by atoms with Crippen molar-refractivity contribution in [1.29, 1.82) is 0 Å². The Kier molecular flexibility index (Phi) is 3.65. The van der Waals surface area contributed by atoms with Crippen molar-refractivity contribution in [2.45, 2.75) is 0 Å². The van der Waals surface area contributed by atoms with Gasteiger partial charge in [0.05, 0.1) is 6.20 Å². The molecule has 0 aliphatic rings. The first-order valence-electron chi connectivity index (χ1n) is 4.63. The van der Waals surface area contributed by atoms with E-state index in [-0.39, 0.29) is 4.88 Å². The number of pyridine rings is 1. The highest BCUT2D eigenvalue weighted by molar-refractivity contribution is 9.10. The van der Waals surface area contributed by atoms with E-state index < -0.39 is 5.97 Å². The van der Waals surface area contributed by atoms with Gasteiger partial charge in [0.25, 0.3) is 0 Å². The minimum atomic E-state index is -0.953. The van der Waals surface area contributed by atoms with Gasteiger partial charge in [-0.25, -0.2) is 9.78 Å². The highest BCUT2D eigenvalue weighted by Gasteiger charge is 2.06. The van der Waals surface area contributed by atoms with E-state index in [1.807, 2.05) is 12.1 Å². The van der Waals surface area contributed by atoms with Gasteiger partial charge in [0, 0.05) is 16.9 Å². The molecule has 0 saturated heterocycles. The van der Waals surface area contributed by atoms with Crippen molar-refractivity contribution in [3.8, 4) is 0 Å². The van der Waals surface area contributed by atoms with Crippen molar-refractivity contribution in [3.05, 3.63) is 44.6 Å². The van der Waals surface area contributed by atoms with Gasteiger partial charge in [-0.2, -0.15) is 0 Å². The van der Waals surface area contributed by atoms with Crippen LogP contribution < -0.4 is 0 Å². The average Bonchev–Trinajstić information content (AvgIpc) is 2.75. The molecule has 0 radical (unpaired) electrons. The van der Waals surface area contributed by atoms with Gasteiger partial charge < -0.3 is 5.11 Å². The third kappa shape index (κ3) is 3.21. The van der Waals surface area contributed by atoms with Crippen LogP contribution in [0.1, 0.15) is 20.2 Å². The van der Waals surface area contributed by atoms with Gasteiger partial charge in [-0.15, -0.1) is 11.3 Å². The van der Waals surface area contributed by atoms with Gasteiger partial charge >= 0.3 is 5.97 Å². The molecule has 17 heavy (non-hydrogen) atoms. The zero-order valence-corrected chi connectivity index (χ0v) is 10.9. The Morgan fingerprint density at radius 2 is 2.18 bits per heavy atom. The first-order chi connectivity index (χ1) is 8.15. The minimum absolute atomic E-state index is 0.233. The molecule has 2 heterocycles. The second-order valence-corrected chi connectivity index (χ2v) is 5.12. The van der Waals surface area contributed by atoms with Gasteiger partial charge in [-0.3, -0.25) is 4.98 Å². The van der Waals surface area contributed by atoms with E-state index in [0.29, 0.717) is 5.01 Å². The summed E-state index contributed by atoms with van der Waals surface area (Å²) in [4.78, 5) is 18.9. The molecule has 2 aromatic rings. The molecule has 0 aliphatic carbocycles. The van der Waals surface area contributed by atoms with Crippen LogP contribution in [0.5, 0.6) is 0 Å². The van der Waals surface area contributed by atoms with Gasteiger partial charge in [0.15, 0.2) is 0 Å². The zero-order valence-electron chi connectivity index (χ0n) is 8.50. The smallest absolute Gasteiger partial charge is 0.347 e. The van der Waals surface area contributed by atoms with Crippen molar-refractivity contribution >= 4 is 45.4 Å². The zero-order chi connectivity index (χ0) is 12.3. The van der Waals surface area contributed by atoms with Crippen LogP contribution in [0.15, 0.2) is 29.1 Å². The number of carbonyl (C=O) groups is 1. The molecule has 0 aromatic carbocycles. The van der Waals surface area contributed by atoms with Crippen molar-refractivity contribution in [2.75, 3.05) is 0 Å². The molecule has 2 rings (SSSR count). The van der Waals surface area contributed by atoms with E-state index in [1.54, 1.807) is 18.5 Å². The lowest BCUT2D eigenvalue weighted by Gasteiger charge is -1.92. The third-order valence-corrected chi connectivity index (χ3v) is 3.26. The van der Waals surface area contributed by atoms with Gasteiger partial charge in [0.1, 0.15) is 9.88 Å². The minimum Gasteiger partial charge on any atom is -0.477 e. The molecule has 0 saturated carbocycles. The number of nitrogens with zero attached hydrogens (tertiary/aromatic N) is 2. The number of hydrogen-bond donors (Lipinski definition) is 1. The summed E-state index contributed by atoms with van der Waals surface area (Å²) in [6.07, 6.45) is 8.37. The summed E-state index contributed by atoms with van der Waals surface area (Å²) in [5, 5.41) is 9.40. The first-order valence-corrected chi connectivity index (χ1v) is 6.24. The van der Waals surface area contributed by atoms with Crippen molar-refractivity contribution in [1.82, 2.24) is 9.97 Å². The summed E-state index contributed by atoms with van der Waals surface area (Å²) < 4.78 is 0.894. The van der Waals surface area contributed by atoms with E-state index in [9.17, 15) is 4.79 Å². The summed E-state index contributed by atoms with van der Waals surface area (Å²) in [5.74, 6) is -0.953. The van der Waals surface area contributed by atoms with Crippen molar-refractivity contribution in [2.24, 2.45) is 0 Å². The number of carboxylic acid groups (broad SMARTS) is 1. The van der Waals surface area contributed by atoms with Gasteiger partial charge in [-0.1, -0.05) is 6.08 Å². The number of aromatic nitrogens is 2. The van der Waals surface area contributed by atoms with E-state index in [2.05, 4.69) is 25.9 Å². The molecule has 86 valence electrons. The fourth-order valence-corrected chi connectivity index (χ4v) is 2.19. The number of hydrogen-bond acceptors (Lipinski definition) is 4. The molecular formula is C11H7BrN2O2S. The maximum Gasteiger partial charge on any atom is 0.347 e. The number of thiazole rings is 1. The fourth-order valence-electron chi connectivity index (χ4n) is 1.15. The first kappa shape index (κ1) is 11.9. The maximum absolute atomic E-state index is 10.7. The maximum atomic E-state index is 10.7. The normalized spacial score (nSPS) is 10.9. The Bertz CT molecular complexity index is 580. The number of halogens is 1. The lowest BCUT2D eigenvalue weighted by atomic mass is 10.3. The second kappa shape index (κ2) is 5.20. The van der Waals surface area contributed by atoms with Crippen molar-refractivity contribution in [3.63, 3.8) is 0 Å². The molecule has 0 aliphatic heterocycles. The molecule has 2 aromatic heterocycles. The molecule has 0 spiro atoms. The summed E-state index contributed by atoms with van der Waals surface area (Å²) in [5.41, 5.74) is 0.923. The molecule has 0 unspecified atom stereocenters. The number of rotatable bonds is 3. The fraction of sp³-hybridized carbons (Fsp3) is 0. The van der Waals surface area contributed by atoms with Crippen LogP contribution in [0.25, 0.3) is 12.2 Å². The Morgan fingerprint density at radius 1 is 1.35 bits per heavy atom. The molecule has 0 atom stereocenters. The lowest BCUT2D eigenvalue weighted by Crippen LogP contribution is -1.89. The third-order valence-electron chi connectivity index (χ3n) is 1.88. The van der Waals surface area contributed by atoms with Crippen LogP contribution in [-0.4, -0.2) is 21.0 Å². The Balaban J connectivity index is 2.17. The summed E-state index contributed by atoms with van der Waals surface area (Å²) in [6.45, 7) is 0. The van der Waals surface area contributed by atoms with E-state index >= 15 is 0 Å². The number of aromatic carboxylic acids is 1. The average molecular weight is 311 g/mol. The molecule has 0 bridgehead atoms. The van der Waals surface area contributed by atoms with E-state index in [0.717, 1.165) is 21.4 Å². The Morgan fingerprint density at radius 3 is 2.82 bits per heavy atom. The molecule has 0 amide bonds. The summed E-state index contributed by atoms with van der Waals surface area (Å²) in [7, 11) is 0. The van der Waals surface area contributed by atoms with Crippen molar-refractivity contribution < 1.29 is 9.90 Å². The topological polar surface area (TPSA) is 63.1 Å². The van der Waals surface area contributed by atoms with E-state index in [4.69, 9.17) is 5.11 Å². The van der Waals surface area contributed by atoms with Crippen LogP contribution >= 0.6 is 27.3 Å². The summed E-state index contributed by atoms with van der Waals surface area (Å²) in [6, 6.07) is 1.91. The largest absolute Gasteiger partial charge is 0.477 e. The molecule has 6 heteroatoms. The SMILES string of the molecule is O=C(O)c1cnc(/C=C/c2cncc(Br)c2)s1. The van der Waals surface area contributed by atoms with Crippen LogP contribution in [0, 0.1) is 0 Å². The van der Waals surface area contributed by atoms with Gasteiger partial charge in [-0.05, 0) is 33.6 Å². The van der Waals surface area contributed by atoms with Gasteiger partial charge in [0.2, 0.25) is 0 Å². The highest BCUT2D eigenvalue weighted by Crippen LogP contribution is 2.17. The Labute approximate surface area is 110 Å². The molecular weight excluding hydrogens is 304 g/mol. The quantitative estimate of drug-likeness (QED) is 0.945. The number of carboxylic acids is 1. The van der Waals surface area contributed by atoms with Crippen LogP contribution in [-0.2, 0) is 0 Å². The predicted molar refractivity (Wildman–Crippen MR) is 69.9 cm³/mol. The summed E-state index contributed by atoms with van der Waals surface area (Å²) >= 11 is 4.46. The van der Waals surface area contributed by atoms with E-state index in [1.165, 1.54) is 6.20 Å². The molecule has 0 fully saturated rings. The predicted octanol–water partition coefficient (Wildman–Crippen LogP) is 3.17. The van der Waals surface area contributed by atoms with Crippen LogP contribution in [0.4, 0.5) is 0 Å². The standard InChI is InChI=1S/C11H7BrN2O2S/c12-8-3-7(4-13-5-8)1-2-10-14-6-9(17-10)11(15)16/h1-6H,(H,15,16)/b2-1+. The molecule has 4 nitrogen and oxygen atoms in total. The highest BCUT2D eigenvalue weighted by atomic mass is 79.9. The van der Waals surface area contributed by atoms with Crippen LogP contribution in [0.2, 0.25) is 0 Å². The lowest BCUT2D eigenvalue weighted by molar-refractivity contribution is 0.0702. The monoisotopic (exact) mass is 310 g/mol. The van der Waals surface area contributed by atoms with Crippen LogP contribution in [0.3, 0.4) is 0 Å². The molecule has 1 N–H and O–H groups in total. The Hall–Kier alpha value is -1.53.